The number of nitrogens with zero attached hydrogens (tertiary/aromatic N) is 1. The van der Waals surface area contributed by atoms with Crippen molar-refractivity contribution in [2.24, 2.45) is 0 Å². The molecule has 1 aromatic rings. The molecule has 80 valence electrons. The number of halogens is 1. The second-order valence-corrected chi connectivity index (χ2v) is 3.41. The van der Waals surface area contributed by atoms with Crippen LogP contribution in [0.15, 0.2) is 12.1 Å². The van der Waals surface area contributed by atoms with Crippen LogP contribution in [0, 0.1) is 17.0 Å². The van der Waals surface area contributed by atoms with E-state index in [1.807, 2.05) is 0 Å². The number of rotatable bonds is 3. The third-order valence-electron chi connectivity index (χ3n) is 2.02. The molecule has 0 radical (unpaired) electrons. The average molecular weight is 230 g/mol. The van der Waals surface area contributed by atoms with Crippen LogP contribution in [0.3, 0.4) is 0 Å². The molecule has 0 spiro atoms. The van der Waals surface area contributed by atoms with E-state index in [1.54, 1.807) is 0 Å². The van der Waals surface area contributed by atoms with Crippen molar-refractivity contribution in [3.63, 3.8) is 0 Å². The lowest BCUT2D eigenvalue weighted by Gasteiger charge is -2.04. The third kappa shape index (κ3) is 2.44. The Labute approximate surface area is 90.4 Å². The molecule has 0 aromatic heterocycles. The number of hydrogen-bond donors (Lipinski definition) is 1. The first-order valence-corrected chi connectivity index (χ1v) is 4.45. The molecule has 0 aliphatic rings. The van der Waals surface area contributed by atoms with Crippen molar-refractivity contribution < 1.29 is 14.8 Å². The lowest BCUT2D eigenvalue weighted by Crippen LogP contribution is -2.04. The van der Waals surface area contributed by atoms with Crippen LogP contribution in [0.2, 0.25) is 5.02 Å². The molecule has 0 unspecified atom stereocenters. The number of nitro groups is 1. The fourth-order valence-electron chi connectivity index (χ4n) is 1.29. The standard InChI is InChI=1S/C9H8ClNO4/c1-5-6(4-8(12)13)2-3-7(10)9(5)11(14)15/h2-3H,4H2,1H3,(H,12,13). The van der Waals surface area contributed by atoms with Crippen molar-refractivity contribution in [1.82, 2.24) is 0 Å². The minimum atomic E-state index is -1.03. The summed E-state index contributed by atoms with van der Waals surface area (Å²) in [5.41, 5.74) is 0.476. The van der Waals surface area contributed by atoms with E-state index < -0.39 is 10.9 Å². The molecule has 0 aliphatic carbocycles. The number of benzene rings is 1. The first kappa shape index (κ1) is 11.5. The Hall–Kier alpha value is -1.62. The van der Waals surface area contributed by atoms with E-state index in [4.69, 9.17) is 16.7 Å². The quantitative estimate of drug-likeness (QED) is 0.636. The molecule has 5 nitrogen and oxygen atoms in total. The van der Waals surface area contributed by atoms with Gasteiger partial charge in [0.25, 0.3) is 5.69 Å². The summed E-state index contributed by atoms with van der Waals surface area (Å²) in [6.07, 6.45) is -0.246. The van der Waals surface area contributed by atoms with E-state index in [-0.39, 0.29) is 17.1 Å². The molecule has 0 saturated carbocycles. The van der Waals surface area contributed by atoms with Crippen LogP contribution in [0.25, 0.3) is 0 Å². The molecule has 0 amide bonds. The van der Waals surface area contributed by atoms with Crippen LogP contribution in [0.5, 0.6) is 0 Å². The summed E-state index contributed by atoms with van der Waals surface area (Å²) < 4.78 is 0. The van der Waals surface area contributed by atoms with Crippen LogP contribution in [0.1, 0.15) is 11.1 Å². The summed E-state index contributed by atoms with van der Waals surface area (Å²) in [6.45, 7) is 1.49. The summed E-state index contributed by atoms with van der Waals surface area (Å²) in [5.74, 6) is -1.03. The number of hydrogen-bond acceptors (Lipinski definition) is 3. The SMILES string of the molecule is Cc1c(CC(=O)O)ccc(Cl)c1[N+](=O)[O-]. The van der Waals surface area contributed by atoms with Gasteiger partial charge in [-0.3, -0.25) is 14.9 Å². The smallest absolute Gasteiger partial charge is 0.307 e. The second-order valence-electron chi connectivity index (χ2n) is 3.01. The Kier molecular flexibility index (Phi) is 3.26. The monoisotopic (exact) mass is 229 g/mol. The molecule has 0 bridgehead atoms. The summed E-state index contributed by atoms with van der Waals surface area (Å²) in [5, 5.41) is 19.3. The number of carboxylic acid groups (broad SMARTS) is 1. The Balaban J connectivity index is 3.28. The minimum Gasteiger partial charge on any atom is -0.481 e. The third-order valence-corrected chi connectivity index (χ3v) is 2.32. The maximum atomic E-state index is 10.7. The molecule has 0 atom stereocenters. The lowest BCUT2D eigenvalue weighted by atomic mass is 10.0. The van der Waals surface area contributed by atoms with Gasteiger partial charge in [0.05, 0.1) is 11.3 Å². The fourth-order valence-corrected chi connectivity index (χ4v) is 1.56. The van der Waals surface area contributed by atoms with Gasteiger partial charge in [0.1, 0.15) is 5.02 Å². The molecule has 15 heavy (non-hydrogen) atoms. The highest BCUT2D eigenvalue weighted by Crippen LogP contribution is 2.30. The Bertz CT molecular complexity index is 430. The summed E-state index contributed by atoms with van der Waals surface area (Å²) in [7, 11) is 0. The van der Waals surface area contributed by atoms with Crippen LogP contribution in [0.4, 0.5) is 5.69 Å². The lowest BCUT2D eigenvalue weighted by molar-refractivity contribution is -0.385. The molecular weight excluding hydrogens is 222 g/mol. The molecule has 0 aliphatic heterocycles. The summed E-state index contributed by atoms with van der Waals surface area (Å²) in [4.78, 5) is 20.5. The highest BCUT2D eigenvalue weighted by Gasteiger charge is 2.19. The van der Waals surface area contributed by atoms with E-state index >= 15 is 0 Å². The van der Waals surface area contributed by atoms with Crippen molar-refractivity contribution >= 4 is 23.3 Å². The maximum Gasteiger partial charge on any atom is 0.307 e. The van der Waals surface area contributed by atoms with Crippen molar-refractivity contribution in [2.75, 3.05) is 0 Å². The van der Waals surface area contributed by atoms with Crippen molar-refractivity contribution in [1.29, 1.82) is 0 Å². The molecule has 1 aromatic carbocycles. The highest BCUT2D eigenvalue weighted by atomic mass is 35.5. The van der Waals surface area contributed by atoms with Gasteiger partial charge in [-0.25, -0.2) is 0 Å². The van der Waals surface area contributed by atoms with Crippen LogP contribution < -0.4 is 0 Å². The second kappa shape index (κ2) is 4.27. The Morgan fingerprint density at radius 1 is 1.60 bits per heavy atom. The van der Waals surface area contributed by atoms with E-state index in [2.05, 4.69) is 0 Å². The summed E-state index contributed by atoms with van der Waals surface area (Å²) >= 11 is 5.64. The minimum absolute atomic E-state index is 0.0200. The molecule has 1 rings (SSSR count). The molecule has 1 N–H and O–H groups in total. The molecular formula is C9H8ClNO4. The van der Waals surface area contributed by atoms with Crippen LogP contribution in [-0.2, 0) is 11.2 Å². The van der Waals surface area contributed by atoms with Crippen molar-refractivity contribution in [2.45, 2.75) is 13.3 Å². The van der Waals surface area contributed by atoms with Gasteiger partial charge in [-0.05, 0) is 18.6 Å². The topological polar surface area (TPSA) is 80.4 Å². The zero-order chi connectivity index (χ0) is 11.6. The van der Waals surface area contributed by atoms with Gasteiger partial charge in [0.2, 0.25) is 0 Å². The molecule has 0 saturated heterocycles. The van der Waals surface area contributed by atoms with Gasteiger partial charge in [-0.1, -0.05) is 17.7 Å². The van der Waals surface area contributed by atoms with E-state index in [0.29, 0.717) is 11.1 Å². The Morgan fingerprint density at radius 2 is 2.20 bits per heavy atom. The Morgan fingerprint density at radius 3 is 2.67 bits per heavy atom. The summed E-state index contributed by atoms with van der Waals surface area (Å²) in [6, 6.07) is 2.82. The molecule has 6 heteroatoms. The maximum absolute atomic E-state index is 10.7. The van der Waals surface area contributed by atoms with Gasteiger partial charge >= 0.3 is 5.97 Å². The first-order valence-electron chi connectivity index (χ1n) is 4.07. The van der Waals surface area contributed by atoms with Gasteiger partial charge in [0.15, 0.2) is 0 Å². The number of aliphatic carboxylic acids is 1. The van der Waals surface area contributed by atoms with E-state index in [9.17, 15) is 14.9 Å². The zero-order valence-corrected chi connectivity index (χ0v) is 8.61. The molecule has 0 heterocycles. The average Bonchev–Trinajstić information content (AvgIpc) is 2.09. The number of carbonyl (C=O) groups is 1. The molecule has 0 fully saturated rings. The largest absolute Gasteiger partial charge is 0.481 e. The van der Waals surface area contributed by atoms with Gasteiger partial charge < -0.3 is 5.11 Å². The number of carboxylic acids is 1. The normalized spacial score (nSPS) is 10.0. The van der Waals surface area contributed by atoms with Gasteiger partial charge in [0, 0.05) is 5.56 Å². The van der Waals surface area contributed by atoms with Gasteiger partial charge in [-0.15, -0.1) is 0 Å². The van der Waals surface area contributed by atoms with Crippen LogP contribution >= 0.6 is 11.6 Å². The highest BCUT2D eigenvalue weighted by molar-refractivity contribution is 6.32. The van der Waals surface area contributed by atoms with Crippen LogP contribution in [-0.4, -0.2) is 16.0 Å². The fraction of sp³-hybridized carbons (Fsp3) is 0.222. The predicted molar refractivity (Wildman–Crippen MR) is 54.2 cm³/mol. The number of nitro benzene ring substituents is 1. The van der Waals surface area contributed by atoms with Crippen molar-refractivity contribution in [3.8, 4) is 0 Å². The van der Waals surface area contributed by atoms with Crippen molar-refractivity contribution in [3.05, 3.63) is 38.4 Å². The first-order chi connectivity index (χ1) is 6.93. The predicted octanol–water partition coefficient (Wildman–Crippen LogP) is 2.18. The zero-order valence-electron chi connectivity index (χ0n) is 7.86. The van der Waals surface area contributed by atoms with E-state index in [1.165, 1.54) is 19.1 Å². The van der Waals surface area contributed by atoms with Gasteiger partial charge in [-0.2, -0.15) is 0 Å². The van der Waals surface area contributed by atoms with E-state index in [0.717, 1.165) is 0 Å².